The normalized spacial score (nSPS) is 17.5. The van der Waals surface area contributed by atoms with Gasteiger partial charge in [0.05, 0.1) is 31.9 Å². The second-order valence-electron chi connectivity index (χ2n) is 8.60. The Kier molecular flexibility index (Phi) is 7.83. The molecule has 182 valence electrons. The summed E-state index contributed by atoms with van der Waals surface area (Å²) >= 11 is 0. The number of aliphatic hydroxyl groups is 1. The van der Waals surface area contributed by atoms with Crippen LogP contribution in [0, 0.1) is 0 Å². The monoisotopic (exact) mass is 468 g/mol. The van der Waals surface area contributed by atoms with Crippen LogP contribution in [0.25, 0.3) is 5.76 Å². The van der Waals surface area contributed by atoms with Crippen molar-refractivity contribution < 1.29 is 28.9 Å². The van der Waals surface area contributed by atoms with Gasteiger partial charge in [-0.2, -0.15) is 0 Å². The molecule has 2 aromatic rings. The lowest BCUT2D eigenvalue weighted by molar-refractivity contribution is -0.140. The highest BCUT2D eigenvalue weighted by Crippen LogP contribution is 2.42. The number of nitrogens with zero attached hydrogens (tertiary/aromatic N) is 2. The van der Waals surface area contributed by atoms with Gasteiger partial charge in [-0.3, -0.25) is 9.59 Å². The van der Waals surface area contributed by atoms with Crippen molar-refractivity contribution in [2.24, 2.45) is 0 Å². The summed E-state index contributed by atoms with van der Waals surface area (Å²) in [7, 11) is 6.84. The molecule has 1 saturated heterocycles. The van der Waals surface area contributed by atoms with Gasteiger partial charge in [0.2, 0.25) is 0 Å². The molecule has 1 aliphatic heterocycles. The molecule has 34 heavy (non-hydrogen) atoms. The first-order valence-corrected chi connectivity index (χ1v) is 11.1. The number of likely N-dealkylation sites (tertiary alicyclic amines) is 1. The molecule has 1 amide bonds. The van der Waals surface area contributed by atoms with E-state index in [9.17, 15) is 14.7 Å². The Morgan fingerprint density at radius 2 is 1.79 bits per heavy atom. The van der Waals surface area contributed by atoms with Gasteiger partial charge >= 0.3 is 0 Å². The molecule has 0 radical (unpaired) electrons. The van der Waals surface area contributed by atoms with Gasteiger partial charge in [0, 0.05) is 18.7 Å². The van der Waals surface area contributed by atoms with E-state index in [1.807, 2.05) is 32.8 Å². The number of likely N-dealkylation sites (N-methyl/N-ethyl adjacent to an activating group) is 1. The second kappa shape index (κ2) is 10.6. The Morgan fingerprint density at radius 1 is 1.06 bits per heavy atom. The first-order valence-electron chi connectivity index (χ1n) is 11.1. The summed E-state index contributed by atoms with van der Waals surface area (Å²) in [6, 6.07) is 11.3. The summed E-state index contributed by atoms with van der Waals surface area (Å²) in [5.74, 6) is -0.0799. The molecule has 1 aliphatic rings. The van der Waals surface area contributed by atoms with Crippen LogP contribution < -0.4 is 14.2 Å². The van der Waals surface area contributed by atoms with E-state index in [-0.39, 0.29) is 17.4 Å². The third-order valence-electron chi connectivity index (χ3n) is 5.54. The molecule has 1 heterocycles. The molecule has 0 aromatic heterocycles. The zero-order valence-corrected chi connectivity index (χ0v) is 20.5. The number of benzene rings is 2. The average molecular weight is 469 g/mol. The number of ether oxygens (including phenoxy) is 3. The Balaban J connectivity index is 2.17. The van der Waals surface area contributed by atoms with Gasteiger partial charge in [-0.1, -0.05) is 18.2 Å². The molecule has 0 saturated carbocycles. The number of aliphatic hydroxyl groups excluding tert-OH is 1. The first kappa shape index (κ1) is 25.1. The first-order chi connectivity index (χ1) is 16.2. The summed E-state index contributed by atoms with van der Waals surface area (Å²) in [6.45, 7) is 4.69. The van der Waals surface area contributed by atoms with Crippen LogP contribution in [0.5, 0.6) is 17.2 Å². The van der Waals surface area contributed by atoms with Crippen LogP contribution in [-0.4, -0.2) is 74.1 Å². The molecule has 8 heteroatoms. The zero-order chi connectivity index (χ0) is 25.0. The fraction of sp³-hybridized carbons (Fsp3) is 0.385. The minimum absolute atomic E-state index is 0.0246. The molecule has 3 rings (SSSR count). The van der Waals surface area contributed by atoms with Crippen LogP contribution in [0.15, 0.2) is 48.0 Å². The van der Waals surface area contributed by atoms with E-state index in [0.717, 1.165) is 0 Å². The summed E-state index contributed by atoms with van der Waals surface area (Å²) in [4.78, 5) is 29.7. The van der Waals surface area contributed by atoms with Gasteiger partial charge in [-0.05, 0) is 57.8 Å². The predicted molar refractivity (Wildman–Crippen MR) is 129 cm³/mol. The van der Waals surface area contributed by atoms with E-state index >= 15 is 0 Å². The van der Waals surface area contributed by atoms with Crippen molar-refractivity contribution in [3.8, 4) is 17.2 Å². The van der Waals surface area contributed by atoms with E-state index in [1.165, 1.54) is 19.1 Å². The molecule has 1 unspecified atom stereocenters. The zero-order valence-electron chi connectivity index (χ0n) is 20.5. The third-order valence-corrected chi connectivity index (χ3v) is 5.54. The molecule has 8 nitrogen and oxygen atoms in total. The van der Waals surface area contributed by atoms with E-state index in [0.29, 0.717) is 41.5 Å². The van der Waals surface area contributed by atoms with Crippen LogP contribution in [0.2, 0.25) is 0 Å². The average Bonchev–Trinajstić information content (AvgIpc) is 3.07. The maximum atomic E-state index is 13.2. The van der Waals surface area contributed by atoms with Crippen molar-refractivity contribution in [2.75, 3.05) is 41.4 Å². The Hall–Kier alpha value is -3.52. The van der Waals surface area contributed by atoms with E-state index < -0.39 is 17.7 Å². The van der Waals surface area contributed by atoms with Gasteiger partial charge in [-0.15, -0.1) is 0 Å². The van der Waals surface area contributed by atoms with Crippen LogP contribution >= 0.6 is 0 Å². The maximum absolute atomic E-state index is 13.2. The molecule has 0 bridgehead atoms. The van der Waals surface area contributed by atoms with Crippen molar-refractivity contribution in [2.45, 2.75) is 26.0 Å². The fourth-order valence-corrected chi connectivity index (χ4v) is 3.90. The number of hydrogen-bond acceptors (Lipinski definition) is 7. The molecule has 2 aromatic carbocycles. The van der Waals surface area contributed by atoms with Crippen molar-refractivity contribution in [3.63, 3.8) is 0 Å². The number of ketones is 1. The lowest BCUT2D eigenvalue weighted by Crippen LogP contribution is -2.35. The second-order valence-corrected chi connectivity index (χ2v) is 8.60. The molecule has 1 fully saturated rings. The summed E-state index contributed by atoms with van der Waals surface area (Å²) < 4.78 is 16.6. The standard InChI is InChI=1S/C26H32N2O6/c1-16(2)34-20-11-10-17(15-21(20)33-6)23-22(24(29)18-8-7-9-19(14-18)32-5)25(30)26(31)28(23)13-12-27(3)4/h7-11,14-16,23,29H,12-13H2,1-6H3/b24-22-. The van der Waals surface area contributed by atoms with Crippen molar-refractivity contribution in [1.82, 2.24) is 9.80 Å². The number of hydrogen-bond donors (Lipinski definition) is 1. The molecule has 1 atom stereocenters. The van der Waals surface area contributed by atoms with Gasteiger partial charge in [-0.25, -0.2) is 0 Å². The minimum atomic E-state index is -0.784. The van der Waals surface area contributed by atoms with E-state index in [2.05, 4.69) is 0 Å². The van der Waals surface area contributed by atoms with Gasteiger partial charge in [0.1, 0.15) is 11.5 Å². The predicted octanol–water partition coefficient (Wildman–Crippen LogP) is 3.47. The highest BCUT2D eigenvalue weighted by Gasteiger charge is 2.46. The summed E-state index contributed by atoms with van der Waals surface area (Å²) in [5.41, 5.74) is 1.05. The Bertz CT molecular complexity index is 1090. The van der Waals surface area contributed by atoms with Gasteiger partial charge in [0.25, 0.3) is 11.7 Å². The SMILES string of the molecule is COc1cccc(/C(O)=C2/C(=O)C(=O)N(CCN(C)C)C2c2ccc(OC(C)C)c(OC)c2)c1. The molecule has 0 spiro atoms. The van der Waals surface area contributed by atoms with Gasteiger partial charge < -0.3 is 29.1 Å². The summed E-state index contributed by atoms with van der Waals surface area (Å²) in [6.07, 6.45) is -0.0569. The van der Waals surface area contributed by atoms with Crippen LogP contribution in [0.4, 0.5) is 0 Å². The maximum Gasteiger partial charge on any atom is 0.295 e. The smallest absolute Gasteiger partial charge is 0.295 e. The molecular weight excluding hydrogens is 436 g/mol. The third kappa shape index (κ3) is 5.17. The molecule has 0 aliphatic carbocycles. The van der Waals surface area contributed by atoms with Crippen molar-refractivity contribution in [1.29, 1.82) is 0 Å². The number of methoxy groups -OCH3 is 2. The largest absolute Gasteiger partial charge is 0.507 e. The lowest BCUT2D eigenvalue weighted by Gasteiger charge is -2.27. The lowest BCUT2D eigenvalue weighted by atomic mass is 9.95. The Morgan fingerprint density at radius 3 is 2.41 bits per heavy atom. The minimum Gasteiger partial charge on any atom is -0.507 e. The van der Waals surface area contributed by atoms with Crippen LogP contribution in [0.3, 0.4) is 0 Å². The number of rotatable bonds is 9. The Labute approximate surface area is 200 Å². The number of carbonyl (C=O) groups is 2. The molecule has 1 N–H and O–H groups in total. The van der Waals surface area contributed by atoms with E-state index in [1.54, 1.807) is 42.5 Å². The van der Waals surface area contributed by atoms with Crippen molar-refractivity contribution in [3.05, 3.63) is 59.2 Å². The quantitative estimate of drug-likeness (QED) is 0.342. The highest BCUT2D eigenvalue weighted by molar-refractivity contribution is 6.46. The summed E-state index contributed by atoms with van der Waals surface area (Å²) in [5, 5.41) is 11.2. The highest BCUT2D eigenvalue weighted by atomic mass is 16.5. The molecular formula is C26H32N2O6. The van der Waals surface area contributed by atoms with Crippen LogP contribution in [0.1, 0.15) is 31.0 Å². The topological polar surface area (TPSA) is 88.5 Å². The van der Waals surface area contributed by atoms with Gasteiger partial charge in [0.15, 0.2) is 11.5 Å². The number of carbonyl (C=O) groups excluding carboxylic acids is 2. The number of amides is 1. The van der Waals surface area contributed by atoms with E-state index in [4.69, 9.17) is 14.2 Å². The van der Waals surface area contributed by atoms with Crippen LogP contribution in [-0.2, 0) is 9.59 Å². The van der Waals surface area contributed by atoms with Crippen molar-refractivity contribution >= 4 is 17.4 Å². The number of Topliss-reactive ketones (excluding diaryl/α,β-unsaturated/α-hetero) is 1. The fourth-order valence-electron chi connectivity index (χ4n) is 3.90.